The molecule has 0 N–H and O–H groups in total. The van der Waals surface area contributed by atoms with Crippen molar-refractivity contribution in [2.24, 2.45) is 0 Å². The lowest BCUT2D eigenvalue weighted by Gasteiger charge is -2.41. The maximum Gasteiger partial charge on any atom is 0.257 e. The fourth-order valence-electron chi connectivity index (χ4n) is 3.45. The van der Waals surface area contributed by atoms with E-state index in [-0.39, 0.29) is 22.9 Å². The zero-order valence-corrected chi connectivity index (χ0v) is 15.1. The second-order valence-electron chi connectivity index (χ2n) is 7.76. The molecule has 3 aromatic rings. The number of benzene rings is 1. The molecule has 4 rings (SSSR count). The Morgan fingerprint density at radius 3 is 2.62 bits per heavy atom. The molecular formula is C20H21FN4O. The Hall–Kier alpha value is -2.76. The van der Waals surface area contributed by atoms with Crippen molar-refractivity contribution < 1.29 is 9.18 Å². The van der Waals surface area contributed by atoms with E-state index in [1.807, 2.05) is 18.2 Å². The van der Waals surface area contributed by atoms with Crippen molar-refractivity contribution in [2.45, 2.75) is 32.2 Å². The number of aromatic nitrogens is 3. The van der Waals surface area contributed by atoms with Crippen molar-refractivity contribution in [1.82, 2.24) is 19.4 Å². The van der Waals surface area contributed by atoms with Crippen molar-refractivity contribution in [2.75, 3.05) is 13.1 Å². The Kier molecular flexibility index (Phi) is 3.79. The third kappa shape index (κ3) is 2.66. The third-order valence-electron chi connectivity index (χ3n) is 4.78. The fourth-order valence-corrected chi connectivity index (χ4v) is 3.45. The van der Waals surface area contributed by atoms with Gasteiger partial charge in [-0.3, -0.25) is 9.78 Å². The topological polar surface area (TPSA) is 51.0 Å². The van der Waals surface area contributed by atoms with Gasteiger partial charge in [-0.15, -0.1) is 0 Å². The van der Waals surface area contributed by atoms with Crippen LogP contribution >= 0.6 is 0 Å². The first-order valence-electron chi connectivity index (χ1n) is 8.72. The van der Waals surface area contributed by atoms with Gasteiger partial charge >= 0.3 is 0 Å². The minimum Gasteiger partial charge on any atom is -0.334 e. The van der Waals surface area contributed by atoms with Crippen LogP contribution in [0.3, 0.4) is 0 Å². The highest BCUT2D eigenvalue weighted by Crippen LogP contribution is 2.34. The van der Waals surface area contributed by atoms with Crippen molar-refractivity contribution in [3.05, 3.63) is 59.9 Å². The third-order valence-corrected chi connectivity index (χ3v) is 4.78. The average Bonchev–Trinajstić information content (AvgIpc) is 2.94. The summed E-state index contributed by atoms with van der Waals surface area (Å²) in [6.45, 7) is 7.50. The lowest BCUT2D eigenvalue weighted by molar-refractivity contribution is 0.0513. The molecule has 6 heteroatoms. The predicted molar refractivity (Wildman–Crippen MR) is 97.6 cm³/mol. The number of para-hydroxylation sites is 2. The second-order valence-corrected chi connectivity index (χ2v) is 7.76. The van der Waals surface area contributed by atoms with Gasteiger partial charge in [0.2, 0.25) is 0 Å². The highest BCUT2D eigenvalue weighted by atomic mass is 19.1. The number of fused-ring (bicyclic) bond motifs is 1. The Morgan fingerprint density at radius 1 is 1.19 bits per heavy atom. The molecule has 1 aliphatic rings. The lowest BCUT2D eigenvalue weighted by atomic mass is 9.94. The van der Waals surface area contributed by atoms with Gasteiger partial charge in [-0.05, 0) is 18.2 Å². The summed E-state index contributed by atoms with van der Waals surface area (Å²) in [6.07, 6.45) is 2.51. The minimum atomic E-state index is -0.579. The molecule has 1 aliphatic heterocycles. The molecule has 1 aromatic carbocycles. The first-order chi connectivity index (χ1) is 12.4. The number of imidazole rings is 1. The van der Waals surface area contributed by atoms with Crippen LogP contribution in [0.1, 0.15) is 43.0 Å². The summed E-state index contributed by atoms with van der Waals surface area (Å²) >= 11 is 0. The van der Waals surface area contributed by atoms with Crippen molar-refractivity contribution in [1.29, 1.82) is 0 Å². The Labute approximate surface area is 151 Å². The molecular weight excluding hydrogens is 331 g/mol. The van der Waals surface area contributed by atoms with Gasteiger partial charge < -0.3 is 9.47 Å². The summed E-state index contributed by atoms with van der Waals surface area (Å²) in [6, 6.07) is 9.62. The van der Waals surface area contributed by atoms with Gasteiger partial charge in [0.1, 0.15) is 5.82 Å². The molecule has 0 saturated carbocycles. The van der Waals surface area contributed by atoms with E-state index >= 15 is 0 Å². The SMILES string of the molecule is CC(C)(C)c1nc2ccccc2n1C1CN(C(=O)c2ccncc2F)C1. The molecule has 0 aliphatic carbocycles. The molecule has 1 saturated heterocycles. The summed E-state index contributed by atoms with van der Waals surface area (Å²) < 4.78 is 16.1. The quantitative estimate of drug-likeness (QED) is 0.708. The molecule has 0 bridgehead atoms. The number of amides is 1. The van der Waals surface area contributed by atoms with Gasteiger partial charge in [0, 0.05) is 24.7 Å². The highest BCUT2D eigenvalue weighted by molar-refractivity contribution is 5.95. The molecule has 1 fully saturated rings. The zero-order valence-electron chi connectivity index (χ0n) is 15.1. The summed E-state index contributed by atoms with van der Waals surface area (Å²) in [5.41, 5.74) is 2.00. The molecule has 5 nitrogen and oxygen atoms in total. The molecule has 0 atom stereocenters. The van der Waals surface area contributed by atoms with Crippen LogP contribution in [0.15, 0.2) is 42.7 Å². The Morgan fingerprint density at radius 2 is 1.92 bits per heavy atom. The van der Waals surface area contributed by atoms with Gasteiger partial charge in [-0.2, -0.15) is 0 Å². The number of hydrogen-bond donors (Lipinski definition) is 0. The number of carbonyl (C=O) groups excluding carboxylic acids is 1. The van der Waals surface area contributed by atoms with Gasteiger partial charge in [-0.25, -0.2) is 9.37 Å². The molecule has 2 aromatic heterocycles. The maximum atomic E-state index is 13.8. The number of halogens is 1. The number of nitrogens with zero attached hydrogens (tertiary/aromatic N) is 4. The van der Waals surface area contributed by atoms with E-state index in [4.69, 9.17) is 4.98 Å². The zero-order chi connectivity index (χ0) is 18.5. The minimum absolute atomic E-state index is 0.0741. The largest absolute Gasteiger partial charge is 0.334 e. The molecule has 134 valence electrons. The molecule has 0 radical (unpaired) electrons. The van der Waals surface area contributed by atoms with Gasteiger partial charge in [0.05, 0.1) is 28.8 Å². The first-order valence-corrected chi connectivity index (χ1v) is 8.72. The van der Waals surface area contributed by atoms with Gasteiger partial charge in [0.25, 0.3) is 5.91 Å². The van der Waals surface area contributed by atoms with Crippen LogP contribution < -0.4 is 0 Å². The fraction of sp³-hybridized carbons (Fsp3) is 0.350. The van der Waals surface area contributed by atoms with Crippen LogP contribution in [0.2, 0.25) is 0 Å². The van der Waals surface area contributed by atoms with Crippen molar-refractivity contribution in [3.8, 4) is 0 Å². The smallest absolute Gasteiger partial charge is 0.257 e. The highest BCUT2D eigenvalue weighted by Gasteiger charge is 2.37. The molecule has 0 unspecified atom stereocenters. The monoisotopic (exact) mass is 352 g/mol. The molecule has 26 heavy (non-hydrogen) atoms. The maximum absolute atomic E-state index is 13.8. The predicted octanol–water partition coefficient (Wildman–Crippen LogP) is 3.57. The molecule has 3 heterocycles. The normalized spacial score (nSPS) is 15.3. The van der Waals surface area contributed by atoms with Crippen LogP contribution in [0, 0.1) is 5.82 Å². The van der Waals surface area contributed by atoms with Gasteiger partial charge in [-0.1, -0.05) is 32.9 Å². The Balaban J connectivity index is 1.63. The summed E-state index contributed by atoms with van der Waals surface area (Å²) in [5, 5.41) is 0. The molecule has 1 amide bonds. The molecule has 0 spiro atoms. The van der Waals surface area contributed by atoms with E-state index < -0.39 is 5.82 Å². The number of likely N-dealkylation sites (tertiary alicyclic amines) is 1. The van der Waals surface area contributed by atoms with Crippen molar-refractivity contribution >= 4 is 16.9 Å². The van der Waals surface area contributed by atoms with E-state index in [0.29, 0.717) is 13.1 Å². The number of carbonyl (C=O) groups is 1. The average molecular weight is 352 g/mol. The number of pyridine rings is 1. The summed E-state index contributed by atoms with van der Waals surface area (Å²) in [5.74, 6) is 0.137. The first kappa shape index (κ1) is 16.7. The van der Waals surface area contributed by atoms with E-state index in [1.54, 1.807) is 4.90 Å². The number of rotatable bonds is 2. The van der Waals surface area contributed by atoms with E-state index in [0.717, 1.165) is 23.1 Å². The van der Waals surface area contributed by atoms with E-state index in [1.165, 1.54) is 12.3 Å². The van der Waals surface area contributed by atoms with E-state index in [9.17, 15) is 9.18 Å². The van der Waals surface area contributed by atoms with Crippen LogP contribution in [-0.4, -0.2) is 38.4 Å². The van der Waals surface area contributed by atoms with Gasteiger partial charge in [0.15, 0.2) is 5.82 Å². The van der Waals surface area contributed by atoms with Crippen LogP contribution in [0.5, 0.6) is 0 Å². The van der Waals surface area contributed by atoms with Crippen LogP contribution in [0.4, 0.5) is 4.39 Å². The summed E-state index contributed by atoms with van der Waals surface area (Å²) in [4.78, 5) is 22.7. The second kappa shape index (κ2) is 5.90. The lowest BCUT2D eigenvalue weighted by Crippen LogP contribution is -2.51. The van der Waals surface area contributed by atoms with Crippen LogP contribution in [0.25, 0.3) is 11.0 Å². The van der Waals surface area contributed by atoms with E-state index in [2.05, 4.69) is 36.4 Å². The summed E-state index contributed by atoms with van der Waals surface area (Å²) in [7, 11) is 0. The standard InChI is InChI=1S/C20H21FN4O/c1-20(2,3)19-23-16-6-4-5-7-17(16)25(19)13-11-24(12-13)18(26)14-8-9-22-10-15(14)21/h4-10,13H,11-12H2,1-3H3. The Bertz CT molecular complexity index is 983. The van der Waals surface area contributed by atoms with Crippen molar-refractivity contribution in [3.63, 3.8) is 0 Å². The number of hydrogen-bond acceptors (Lipinski definition) is 3. The van der Waals surface area contributed by atoms with Crippen LogP contribution in [-0.2, 0) is 5.41 Å².